The van der Waals surface area contributed by atoms with Crippen LogP contribution < -0.4 is 10.2 Å². The Labute approximate surface area is 138 Å². The van der Waals surface area contributed by atoms with Crippen molar-refractivity contribution in [2.45, 2.75) is 4.90 Å². The molecule has 0 aromatic heterocycles. The number of anilines is 1. The fraction of sp³-hybridized carbons (Fsp3) is 0. The van der Waals surface area contributed by atoms with Gasteiger partial charge in [0.2, 0.25) is 0 Å². The number of carbonyl (C=O) groups excluding carboxylic acids is 2. The van der Waals surface area contributed by atoms with Crippen LogP contribution in [0.3, 0.4) is 0 Å². The number of nitrogens with one attached hydrogen (secondary N) is 2. The van der Waals surface area contributed by atoms with Gasteiger partial charge in [-0.2, -0.15) is 0 Å². The molecule has 0 aliphatic rings. The number of para-hydroxylation sites is 1. The second kappa shape index (κ2) is 7.53. The van der Waals surface area contributed by atoms with Crippen LogP contribution in [0.25, 0.3) is 0 Å². The van der Waals surface area contributed by atoms with Gasteiger partial charge in [0.25, 0.3) is 15.9 Å². The number of hydroxylamine groups is 1. The molecule has 0 unspecified atom stereocenters. The van der Waals surface area contributed by atoms with Crippen molar-refractivity contribution in [2.24, 2.45) is 0 Å². The Morgan fingerprint density at radius 3 is 2.12 bits per heavy atom. The van der Waals surface area contributed by atoms with Crippen molar-refractivity contribution in [1.29, 1.82) is 0 Å². The molecular weight excluding hydrogens is 332 g/mol. The van der Waals surface area contributed by atoms with Gasteiger partial charge in [-0.15, -0.1) is 0 Å². The molecule has 0 aliphatic heterocycles. The predicted molar refractivity (Wildman–Crippen MR) is 87.1 cm³/mol. The van der Waals surface area contributed by atoms with Crippen LogP contribution in [-0.2, 0) is 14.8 Å². The summed E-state index contributed by atoms with van der Waals surface area (Å²) in [5, 5.41) is 8.33. The highest BCUT2D eigenvalue weighted by Gasteiger charge is 2.14. The Morgan fingerprint density at radius 2 is 1.54 bits per heavy atom. The predicted octanol–water partition coefficient (Wildman–Crippen LogP) is 1.73. The Hall–Kier alpha value is -2.97. The first kappa shape index (κ1) is 17.4. The number of amides is 1. The van der Waals surface area contributed by atoms with Crippen LogP contribution in [0.2, 0.25) is 0 Å². The van der Waals surface area contributed by atoms with Crippen LogP contribution in [0.1, 0.15) is 10.4 Å². The highest BCUT2D eigenvalue weighted by atomic mass is 32.2. The summed E-state index contributed by atoms with van der Waals surface area (Å²) in [6, 6.07) is 13.7. The third-order valence-corrected chi connectivity index (χ3v) is 4.37. The molecule has 0 bridgehead atoms. The van der Waals surface area contributed by atoms with Crippen LogP contribution >= 0.6 is 0 Å². The fourth-order valence-corrected chi connectivity index (χ4v) is 2.86. The largest absolute Gasteiger partial charge is 0.289 e. The Balaban J connectivity index is 2.15. The summed E-state index contributed by atoms with van der Waals surface area (Å²) in [4.78, 5) is 22.6. The minimum atomic E-state index is -3.76. The van der Waals surface area contributed by atoms with E-state index in [1.165, 1.54) is 29.7 Å². The van der Waals surface area contributed by atoms with Crippen molar-refractivity contribution in [3.63, 3.8) is 0 Å². The van der Waals surface area contributed by atoms with E-state index in [2.05, 4.69) is 4.72 Å². The summed E-state index contributed by atoms with van der Waals surface area (Å²) in [7, 11) is -3.76. The number of sulfonamides is 1. The standard InChI is InChI=1S/C16H14N2O5S/c19-15(10-11-16(20)17-21)12-6-8-14(9-7-12)24(22,23)18-13-4-2-1-3-5-13/h1-11,18,21H,(H,17,20)/b11-10+. The third kappa shape index (κ3) is 4.51. The maximum Gasteiger partial charge on any atom is 0.267 e. The second-order valence-corrected chi connectivity index (χ2v) is 6.35. The average Bonchev–Trinajstić information content (AvgIpc) is 2.60. The molecule has 2 aromatic carbocycles. The second-order valence-electron chi connectivity index (χ2n) is 4.67. The highest BCUT2D eigenvalue weighted by molar-refractivity contribution is 7.92. The van der Waals surface area contributed by atoms with E-state index in [0.29, 0.717) is 5.69 Å². The first-order chi connectivity index (χ1) is 11.4. The van der Waals surface area contributed by atoms with Crippen molar-refractivity contribution in [2.75, 3.05) is 4.72 Å². The Bertz CT molecular complexity index is 859. The zero-order valence-electron chi connectivity index (χ0n) is 12.3. The molecule has 1 amide bonds. The lowest BCUT2D eigenvalue weighted by Gasteiger charge is -2.08. The molecule has 0 heterocycles. The van der Waals surface area contributed by atoms with Gasteiger partial charge >= 0.3 is 0 Å². The summed E-state index contributed by atoms with van der Waals surface area (Å²) in [6.07, 6.45) is 1.83. The molecule has 0 saturated heterocycles. The summed E-state index contributed by atoms with van der Waals surface area (Å²) >= 11 is 0. The summed E-state index contributed by atoms with van der Waals surface area (Å²) < 4.78 is 26.9. The Kier molecular flexibility index (Phi) is 5.46. The molecule has 8 heteroatoms. The van der Waals surface area contributed by atoms with Gasteiger partial charge in [-0.3, -0.25) is 19.5 Å². The first-order valence-electron chi connectivity index (χ1n) is 6.77. The van der Waals surface area contributed by atoms with Crippen molar-refractivity contribution in [3.05, 3.63) is 72.3 Å². The van der Waals surface area contributed by atoms with E-state index in [-0.39, 0.29) is 10.5 Å². The van der Waals surface area contributed by atoms with E-state index >= 15 is 0 Å². The summed E-state index contributed by atoms with van der Waals surface area (Å²) in [6.45, 7) is 0. The van der Waals surface area contributed by atoms with Crippen LogP contribution in [0, 0.1) is 0 Å². The molecule has 0 fully saturated rings. The lowest BCUT2D eigenvalue weighted by atomic mass is 10.1. The van der Waals surface area contributed by atoms with E-state index < -0.39 is 21.7 Å². The lowest BCUT2D eigenvalue weighted by Crippen LogP contribution is -2.15. The molecule has 0 radical (unpaired) electrons. The number of hydrogen-bond donors (Lipinski definition) is 3. The highest BCUT2D eigenvalue weighted by Crippen LogP contribution is 2.16. The van der Waals surface area contributed by atoms with Gasteiger partial charge in [0.15, 0.2) is 5.78 Å². The molecule has 2 aromatic rings. The summed E-state index contributed by atoms with van der Waals surface area (Å²) in [5.74, 6) is -1.34. The van der Waals surface area contributed by atoms with Gasteiger partial charge in [0, 0.05) is 17.3 Å². The average molecular weight is 346 g/mol. The quantitative estimate of drug-likeness (QED) is 0.319. The SMILES string of the molecule is O=C(/C=C/C(=O)c1ccc(S(=O)(=O)Nc2ccccc2)cc1)NO. The van der Waals surface area contributed by atoms with E-state index in [1.807, 2.05) is 0 Å². The van der Waals surface area contributed by atoms with Crippen LogP contribution in [0.4, 0.5) is 5.69 Å². The van der Waals surface area contributed by atoms with Gasteiger partial charge in [-0.25, -0.2) is 13.9 Å². The van der Waals surface area contributed by atoms with Gasteiger partial charge in [-0.1, -0.05) is 18.2 Å². The molecule has 0 atom stereocenters. The molecule has 0 spiro atoms. The normalized spacial score (nSPS) is 11.2. The molecular formula is C16H14N2O5S. The van der Waals surface area contributed by atoms with E-state index in [1.54, 1.807) is 30.3 Å². The molecule has 0 aliphatic carbocycles. The maximum atomic E-state index is 12.2. The van der Waals surface area contributed by atoms with Crippen molar-refractivity contribution < 1.29 is 23.2 Å². The molecule has 0 saturated carbocycles. The minimum Gasteiger partial charge on any atom is -0.289 e. The van der Waals surface area contributed by atoms with Gasteiger partial charge < -0.3 is 0 Å². The van der Waals surface area contributed by atoms with Crippen LogP contribution in [0.15, 0.2) is 71.6 Å². The van der Waals surface area contributed by atoms with Gasteiger partial charge in [0.1, 0.15) is 0 Å². The summed E-state index contributed by atoms with van der Waals surface area (Å²) in [5.41, 5.74) is 1.99. The Morgan fingerprint density at radius 1 is 0.917 bits per heavy atom. The lowest BCUT2D eigenvalue weighted by molar-refractivity contribution is -0.124. The van der Waals surface area contributed by atoms with Gasteiger partial charge in [-0.05, 0) is 42.5 Å². The molecule has 7 nitrogen and oxygen atoms in total. The minimum absolute atomic E-state index is 0.0000149. The molecule has 3 N–H and O–H groups in total. The van der Waals surface area contributed by atoms with E-state index in [9.17, 15) is 18.0 Å². The maximum absolute atomic E-state index is 12.2. The topological polar surface area (TPSA) is 113 Å². The van der Waals surface area contributed by atoms with Crippen molar-refractivity contribution in [1.82, 2.24) is 5.48 Å². The number of allylic oxidation sites excluding steroid dienone is 1. The molecule has 124 valence electrons. The van der Waals surface area contributed by atoms with E-state index in [0.717, 1.165) is 12.2 Å². The number of rotatable bonds is 6. The van der Waals surface area contributed by atoms with E-state index in [4.69, 9.17) is 5.21 Å². The molecule has 2 rings (SSSR count). The zero-order chi connectivity index (χ0) is 17.6. The number of ketones is 1. The smallest absolute Gasteiger partial charge is 0.267 e. The monoisotopic (exact) mass is 346 g/mol. The number of benzene rings is 2. The van der Waals surface area contributed by atoms with Crippen LogP contribution in [-0.4, -0.2) is 25.3 Å². The van der Waals surface area contributed by atoms with Crippen molar-refractivity contribution >= 4 is 27.4 Å². The van der Waals surface area contributed by atoms with Crippen LogP contribution in [0.5, 0.6) is 0 Å². The third-order valence-electron chi connectivity index (χ3n) is 2.97. The zero-order valence-corrected chi connectivity index (χ0v) is 13.2. The van der Waals surface area contributed by atoms with Crippen molar-refractivity contribution in [3.8, 4) is 0 Å². The number of hydrogen-bond acceptors (Lipinski definition) is 5. The van der Waals surface area contributed by atoms with Gasteiger partial charge in [0.05, 0.1) is 4.90 Å². The fourth-order valence-electron chi connectivity index (χ4n) is 1.80. The first-order valence-corrected chi connectivity index (χ1v) is 8.25. The molecule has 24 heavy (non-hydrogen) atoms. The number of carbonyl (C=O) groups is 2.